The number of likely N-dealkylation sites (tertiary alicyclic amines) is 1. The number of methoxy groups -OCH3 is 2. The van der Waals surface area contributed by atoms with E-state index >= 15 is 0 Å². The number of carbonyl (C=O) groups excluding carboxylic acids is 2. The minimum absolute atomic E-state index is 0.00573. The molecule has 2 amide bonds. The highest BCUT2D eigenvalue weighted by molar-refractivity contribution is 5.97. The first-order chi connectivity index (χ1) is 14.6. The first kappa shape index (κ1) is 19.8. The summed E-state index contributed by atoms with van der Waals surface area (Å²) in [7, 11) is 3.10. The number of benzene rings is 2. The molecule has 1 fully saturated rings. The molecule has 1 aliphatic heterocycles. The topological polar surface area (TPSA) is 96.6 Å². The van der Waals surface area contributed by atoms with E-state index in [1.54, 1.807) is 44.8 Å². The van der Waals surface area contributed by atoms with Crippen molar-refractivity contribution in [3.8, 4) is 11.5 Å². The smallest absolute Gasteiger partial charge is 0.253 e. The molecule has 2 heterocycles. The molecule has 8 heteroatoms. The lowest BCUT2D eigenvalue weighted by Gasteiger charge is -2.32. The van der Waals surface area contributed by atoms with Crippen LogP contribution in [-0.2, 0) is 0 Å². The number of piperidine rings is 1. The van der Waals surface area contributed by atoms with Crippen LogP contribution in [0.25, 0.3) is 11.0 Å². The third-order valence-electron chi connectivity index (χ3n) is 5.40. The number of nitrogens with zero attached hydrogens (tertiary/aromatic N) is 2. The number of imidazole rings is 1. The monoisotopic (exact) mass is 408 g/mol. The molecule has 0 radical (unpaired) electrons. The molecule has 8 nitrogen and oxygen atoms in total. The van der Waals surface area contributed by atoms with Gasteiger partial charge in [0, 0.05) is 36.3 Å². The van der Waals surface area contributed by atoms with Gasteiger partial charge in [0.05, 0.1) is 31.6 Å². The van der Waals surface area contributed by atoms with Crippen molar-refractivity contribution in [2.45, 2.75) is 18.9 Å². The largest absolute Gasteiger partial charge is 0.497 e. The normalized spacial score (nSPS) is 14.5. The second kappa shape index (κ2) is 8.44. The van der Waals surface area contributed by atoms with Gasteiger partial charge in [0.15, 0.2) is 0 Å². The average molecular weight is 408 g/mol. The van der Waals surface area contributed by atoms with Gasteiger partial charge < -0.3 is 24.7 Å². The van der Waals surface area contributed by atoms with E-state index in [0.29, 0.717) is 48.6 Å². The van der Waals surface area contributed by atoms with Crippen LogP contribution in [0.1, 0.15) is 33.6 Å². The maximum atomic E-state index is 12.8. The Morgan fingerprint density at radius 1 is 1.03 bits per heavy atom. The van der Waals surface area contributed by atoms with E-state index in [4.69, 9.17) is 9.47 Å². The van der Waals surface area contributed by atoms with Crippen molar-refractivity contribution in [1.29, 1.82) is 0 Å². The Hall–Kier alpha value is -3.55. The number of H-pyrrole nitrogens is 1. The molecule has 0 saturated carbocycles. The predicted molar refractivity (Wildman–Crippen MR) is 112 cm³/mol. The van der Waals surface area contributed by atoms with Gasteiger partial charge in [-0.15, -0.1) is 0 Å². The number of fused-ring (bicyclic) bond motifs is 1. The van der Waals surface area contributed by atoms with Crippen molar-refractivity contribution in [2.24, 2.45) is 0 Å². The maximum absolute atomic E-state index is 12.8. The van der Waals surface area contributed by atoms with Gasteiger partial charge in [-0.3, -0.25) is 9.59 Å². The van der Waals surface area contributed by atoms with Crippen LogP contribution in [0.4, 0.5) is 0 Å². The summed E-state index contributed by atoms with van der Waals surface area (Å²) in [6.07, 6.45) is 3.01. The third kappa shape index (κ3) is 4.07. The second-order valence-electron chi connectivity index (χ2n) is 7.28. The van der Waals surface area contributed by atoms with Gasteiger partial charge in [0.1, 0.15) is 11.5 Å². The molecule has 2 N–H and O–H groups in total. The Kier molecular flexibility index (Phi) is 5.56. The second-order valence-corrected chi connectivity index (χ2v) is 7.28. The number of hydrogen-bond acceptors (Lipinski definition) is 5. The van der Waals surface area contributed by atoms with Crippen LogP contribution in [0, 0.1) is 0 Å². The maximum Gasteiger partial charge on any atom is 0.253 e. The molecule has 0 atom stereocenters. The van der Waals surface area contributed by atoms with Gasteiger partial charge in [-0.2, -0.15) is 0 Å². The molecule has 0 bridgehead atoms. The van der Waals surface area contributed by atoms with E-state index in [1.807, 2.05) is 17.0 Å². The van der Waals surface area contributed by atoms with E-state index in [2.05, 4.69) is 15.3 Å². The van der Waals surface area contributed by atoms with E-state index in [9.17, 15) is 9.59 Å². The summed E-state index contributed by atoms with van der Waals surface area (Å²) < 4.78 is 10.5. The van der Waals surface area contributed by atoms with Crippen molar-refractivity contribution in [2.75, 3.05) is 27.3 Å². The zero-order valence-electron chi connectivity index (χ0n) is 17.0. The zero-order valence-corrected chi connectivity index (χ0v) is 17.0. The first-order valence-electron chi connectivity index (χ1n) is 9.83. The number of amides is 2. The predicted octanol–water partition coefficient (Wildman–Crippen LogP) is 2.61. The van der Waals surface area contributed by atoms with Crippen LogP contribution in [0.3, 0.4) is 0 Å². The molecule has 3 aromatic rings. The molecular weight excluding hydrogens is 384 g/mol. The number of ether oxygens (including phenoxy) is 2. The summed E-state index contributed by atoms with van der Waals surface area (Å²) in [5, 5.41) is 3.06. The van der Waals surface area contributed by atoms with Gasteiger partial charge in [0.2, 0.25) is 0 Å². The Labute approximate surface area is 174 Å². The van der Waals surface area contributed by atoms with E-state index in [1.165, 1.54) is 0 Å². The van der Waals surface area contributed by atoms with Crippen LogP contribution < -0.4 is 14.8 Å². The van der Waals surface area contributed by atoms with Gasteiger partial charge in [-0.05, 0) is 43.2 Å². The summed E-state index contributed by atoms with van der Waals surface area (Å²) in [6.45, 7) is 1.18. The summed E-state index contributed by atoms with van der Waals surface area (Å²) in [4.78, 5) is 34.5. The van der Waals surface area contributed by atoms with Gasteiger partial charge in [0.25, 0.3) is 11.8 Å². The summed E-state index contributed by atoms with van der Waals surface area (Å²) >= 11 is 0. The Balaban J connectivity index is 1.36. The van der Waals surface area contributed by atoms with Gasteiger partial charge in [-0.25, -0.2) is 4.98 Å². The Morgan fingerprint density at radius 2 is 1.73 bits per heavy atom. The number of carbonyl (C=O) groups is 2. The van der Waals surface area contributed by atoms with E-state index in [0.717, 1.165) is 11.0 Å². The highest BCUT2D eigenvalue weighted by Crippen LogP contribution is 2.23. The third-order valence-corrected chi connectivity index (χ3v) is 5.40. The quantitative estimate of drug-likeness (QED) is 0.677. The average Bonchev–Trinajstić information content (AvgIpc) is 3.26. The number of rotatable bonds is 5. The highest BCUT2D eigenvalue weighted by atomic mass is 16.5. The van der Waals surface area contributed by atoms with Crippen molar-refractivity contribution < 1.29 is 19.1 Å². The fourth-order valence-electron chi connectivity index (χ4n) is 3.69. The molecule has 1 aliphatic rings. The van der Waals surface area contributed by atoms with E-state index in [-0.39, 0.29) is 17.9 Å². The summed E-state index contributed by atoms with van der Waals surface area (Å²) in [6, 6.07) is 10.6. The highest BCUT2D eigenvalue weighted by Gasteiger charge is 2.25. The summed E-state index contributed by atoms with van der Waals surface area (Å²) in [5.41, 5.74) is 2.80. The Bertz CT molecular complexity index is 1050. The lowest BCUT2D eigenvalue weighted by Crippen LogP contribution is -2.46. The van der Waals surface area contributed by atoms with Gasteiger partial charge >= 0.3 is 0 Å². The summed E-state index contributed by atoms with van der Waals surface area (Å²) in [5.74, 6) is 0.943. The van der Waals surface area contributed by atoms with Crippen molar-refractivity contribution in [3.05, 3.63) is 53.9 Å². The minimum Gasteiger partial charge on any atom is -0.497 e. The number of nitrogens with one attached hydrogen (secondary N) is 2. The number of aromatic amines is 1. The van der Waals surface area contributed by atoms with Crippen LogP contribution in [0.2, 0.25) is 0 Å². The van der Waals surface area contributed by atoms with Crippen molar-refractivity contribution >= 4 is 22.8 Å². The first-order valence-corrected chi connectivity index (χ1v) is 9.83. The van der Waals surface area contributed by atoms with Gasteiger partial charge in [-0.1, -0.05) is 0 Å². The lowest BCUT2D eigenvalue weighted by molar-refractivity contribution is 0.0698. The molecule has 2 aromatic carbocycles. The van der Waals surface area contributed by atoms with E-state index < -0.39 is 0 Å². The zero-order chi connectivity index (χ0) is 21.1. The fourth-order valence-corrected chi connectivity index (χ4v) is 3.69. The van der Waals surface area contributed by atoms with Crippen molar-refractivity contribution in [1.82, 2.24) is 20.2 Å². The van der Waals surface area contributed by atoms with Crippen LogP contribution in [-0.4, -0.2) is 60.0 Å². The standard InChI is InChI=1S/C22H24N4O4/c1-29-17-9-15(10-18(12-17)30-2)21(27)25-16-5-7-26(8-6-16)22(28)14-3-4-19-20(11-14)24-13-23-19/h3-4,9-13,16H,5-8H2,1-2H3,(H,23,24)(H,25,27). The Morgan fingerprint density at radius 3 is 2.40 bits per heavy atom. The molecule has 1 aromatic heterocycles. The lowest BCUT2D eigenvalue weighted by atomic mass is 10.0. The number of aromatic nitrogens is 2. The number of hydrogen-bond donors (Lipinski definition) is 2. The van der Waals surface area contributed by atoms with Crippen LogP contribution in [0.5, 0.6) is 11.5 Å². The van der Waals surface area contributed by atoms with Crippen molar-refractivity contribution in [3.63, 3.8) is 0 Å². The molecule has 1 saturated heterocycles. The SMILES string of the molecule is COc1cc(OC)cc(C(=O)NC2CCN(C(=O)c3ccc4nc[nH]c4c3)CC2)c1. The van der Waals surface area contributed by atoms with Crippen LogP contribution >= 0.6 is 0 Å². The van der Waals surface area contributed by atoms with Crippen LogP contribution in [0.15, 0.2) is 42.7 Å². The molecular formula is C22H24N4O4. The molecule has 4 rings (SSSR count). The minimum atomic E-state index is -0.179. The fraction of sp³-hybridized carbons (Fsp3) is 0.318. The molecule has 0 spiro atoms. The molecule has 156 valence electrons. The molecule has 0 aliphatic carbocycles. The molecule has 30 heavy (non-hydrogen) atoms. The molecule has 0 unspecified atom stereocenters.